The fourth-order valence-electron chi connectivity index (χ4n) is 2.05. The second kappa shape index (κ2) is 4.19. The molecule has 18 heavy (non-hydrogen) atoms. The molecule has 0 radical (unpaired) electrons. The summed E-state index contributed by atoms with van der Waals surface area (Å²) in [6.45, 7) is 0.570. The molecule has 0 amide bonds. The first-order chi connectivity index (χ1) is 8.78. The highest BCUT2D eigenvalue weighted by Crippen LogP contribution is 2.28. The fourth-order valence-corrected chi connectivity index (χ4v) is 2.05. The third kappa shape index (κ3) is 1.74. The van der Waals surface area contributed by atoms with Gasteiger partial charge in [-0.1, -0.05) is 6.07 Å². The molecule has 5 N–H and O–H groups in total. The standard InChI is InChI=1S/C13H14N4O/c14-5-4-13-15-7-11(17-13)10-6-8-9(16-10)2-1-3-12(8)18/h1-3,6-7,16,18H,4-5,14H2,(H,15,17). The van der Waals surface area contributed by atoms with Crippen molar-refractivity contribution in [1.82, 2.24) is 15.0 Å². The molecule has 0 spiro atoms. The summed E-state index contributed by atoms with van der Waals surface area (Å²) < 4.78 is 0. The zero-order chi connectivity index (χ0) is 12.5. The van der Waals surface area contributed by atoms with Crippen molar-refractivity contribution in [3.8, 4) is 17.1 Å². The number of aromatic hydroxyl groups is 1. The minimum atomic E-state index is 0.275. The van der Waals surface area contributed by atoms with Gasteiger partial charge in [0.05, 0.1) is 17.6 Å². The largest absolute Gasteiger partial charge is 0.507 e. The van der Waals surface area contributed by atoms with Crippen LogP contribution in [0.1, 0.15) is 5.82 Å². The fraction of sp³-hybridized carbons (Fsp3) is 0.154. The number of hydrogen-bond donors (Lipinski definition) is 4. The Morgan fingerprint density at radius 1 is 1.22 bits per heavy atom. The Morgan fingerprint density at radius 2 is 2.11 bits per heavy atom. The van der Waals surface area contributed by atoms with E-state index in [0.717, 1.165) is 34.5 Å². The van der Waals surface area contributed by atoms with Crippen molar-refractivity contribution in [2.24, 2.45) is 5.73 Å². The van der Waals surface area contributed by atoms with Gasteiger partial charge in [-0.3, -0.25) is 0 Å². The quantitative estimate of drug-likeness (QED) is 0.564. The molecule has 0 aliphatic heterocycles. The van der Waals surface area contributed by atoms with E-state index in [1.165, 1.54) is 0 Å². The maximum absolute atomic E-state index is 9.76. The lowest BCUT2D eigenvalue weighted by Gasteiger charge is -1.92. The van der Waals surface area contributed by atoms with Crippen LogP contribution in [-0.2, 0) is 6.42 Å². The average molecular weight is 242 g/mol. The van der Waals surface area contributed by atoms with E-state index < -0.39 is 0 Å². The molecule has 0 unspecified atom stereocenters. The zero-order valence-electron chi connectivity index (χ0n) is 9.77. The molecule has 0 fully saturated rings. The Hall–Kier alpha value is -2.27. The predicted octanol–water partition coefficient (Wildman–Crippen LogP) is 1.76. The number of phenols is 1. The SMILES string of the molecule is NCCc1ncc(-c2cc3c(O)cccc3[nH]2)[nH]1. The molecule has 2 aromatic heterocycles. The van der Waals surface area contributed by atoms with E-state index in [-0.39, 0.29) is 5.75 Å². The van der Waals surface area contributed by atoms with Crippen molar-refractivity contribution < 1.29 is 5.11 Å². The van der Waals surface area contributed by atoms with Crippen LogP contribution in [-0.4, -0.2) is 26.6 Å². The highest BCUT2D eigenvalue weighted by atomic mass is 16.3. The highest BCUT2D eigenvalue weighted by molar-refractivity contribution is 5.90. The van der Waals surface area contributed by atoms with Crippen LogP contribution in [0, 0.1) is 0 Å². The third-order valence-corrected chi connectivity index (χ3v) is 2.94. The maximum Gasteiger partial charge on any atom is 0.124 e. The zero-order valence-corrected chi connectivity index (χ0v) is 9.77. The molecule has 3 rings (SSSR count). The molecule has 0 saturated carbocycles. The molecule has 0 saturated heterocycles. The number of aromatic amines is 2. The first-order valence-corrected chi connectivity index (χ1v) is 5.83. The number of fused-ring (bicyclic) bond motifs is 1. The van der Waals surface area contributed by atoms with Crippen LogP contribution >= 0.6 is 0 Å². The number of benzene rings is 1. The molecule has 0 aliphatic rings. The number of hydrogen-bond acceptors (Lipinski definition) is 3. The van der Waals surface area contributed by atoms with Crippen molar-refractivity contribution in [3.05, 3.63) is 36.3 Å². The van der Waals surface area contributed by atoms with Gasteiger partial charge < -0.3 is 20.8 Å². The van der Waals surface area contributed by atoms with Crippen LogP contribution in [0.5, 0.6) is 5.75 Å². The number of phenolic OH excluding ortho intramolecular Hbond substituents is 1. The van der Waals surface area contributed by atoms with Crippen molar-refractivity contribution in [2.75, 3.05) is 6.54 Å². The summed E-state index contributed by atoms with van der Waals surface area (Å²) in [5, 5.41) is 10.6. The van der Waals surface area contributed by atoms with Gasteiger partial charge in [0.15, 0.2) is 0 Å². The van der Waals surface area contributed by atoms with Crippen molar-refractivity contribution in [1.29, 1.82) is 0 Å². The molecule has 5 heteroatoms. The first kappa shape index (κ1) is 10.9. The van der Waals surface area contributed by atoms with Gasteiger partial charge in [0.2, 0.25) is 0 Å². The topological polar surface area (TPSA) is 90.7 Å². The molecule has 0 aliphatic carbocycles. The van der Waals surface area contributed by atoms with Gasteiger partial charge in [-0.15, -0.1) is 0 Å². The molecule has 1 aromatic carbocycles. The smallest absolute Gasteiger partial charge is 0.124 e. The van der Waals surface area contributed by atoms with Gasteiger partial charge in [-0.25, -0.2) is 4.98 Å². The summed E-state index contributed by atoms with van der Waals surface area (Å²) in [7, 11) is 0. The van der Waals surface area contributed by atoms with E-state index in [9.17, 15) is 5.11 Å². The Labute approximate surface area is 104 Å². The van der Waals surface area contributed by atoms with E-state index in [4.69, 9.17) is 5.73 Å². The Morgan fingerprint density at radius 3 is 2.89 bits per heavy atom. The summed E-state index contributed by atoms with van der Waals surface area (Å²) in [6, 6.07) is 7.32. The normalized spacial score (nSPS) is 11.2. The first-order valence-electron chi connectivity index (χ1n) is 5.83. The molecular weight excluding hydrogens is 228 g/mol. The summed E-state index contributed by atoms with van der Waals surface area (Å²) in [4.78, 5) is 10.7. The van der Waals surface area contributed by atoms with Crippen LogP contribution in [0.2, 0.25) is 0 Å². The van der Waals surface area contributed by atoms with Crippen molar-refractivity contribution in [2.45, 2.75) is 6.42 Å². The lowest BCUT2D eigenvalue weighted by atomic mass is 10.2. The van der Waals surface area contributed by atoms with E-state index in [1.54, 1.807) is 12.3 Å². The van der Waals surface area contributed by atoms with Gasteiger partial charge in [0.25, 0.3) is 0 Å². The number of imidazole rings is 1. The number of nitrogens with two attached hydrogens (primary N) is 1. The molecule has 92 valence electrons. The van der Waals surface area contributed by atoms with E-state index in [2.05, 4.69) is 15.0 Å². The Bertz CT molecular complexity index is 683. The summed E-state index contributed by atoms with van der Waals surface area (Å²) in [6.07, 6.45) is 2.50. The molecule has 5 nitrogen and oxygen atoms in total. The minimum Gasteiger partial charge on any atom is -0.507 e. The van der Waals surface area contributed by atoms with Gasteiger partial charge in [-0.05, 0) is 24.7 Å². The maximum atomic E-state index is 9.76. The lowest BCUT2D eigenvalue weighted by Crippen LogP contribution is -2.03. The van der Waals surface area contributed by atoms with Crippen LogP contribution < -0.4 is 5.73 Å². The second-order valence-corrected chi connectivity index (χ2v) is 4.20. The van der Waals surface area contributed by atoms with Gasteiger partial charge in [0, 0.05) is 17.3 Å². The lowest BCUT2D eigenvalue weighted by molar-refractivity contribution is 0.482. The van der Waals surface area contributed by atoms with Crippen LogP contribution in [0.4, 0.5) is 0 Å². The van der Waals surface area contributed by atoms with Crippen molar-refractivity contribution in [3.63, 3.8) is 0 Å². The predicted molar refractivity (Wildman–Crippen MR) is 70.3 cm³/mol. The third-order valence-electron chi connectivity index (χ3n) is 2.94. The van der Waals surface area contributed by atoms with E-state index >= 15 is 0 Å². The van der Waals surface area contributed by atoms with Gasteiger partial charge >= 0.3 is 0 Å². The number of rotatable bonds is 3. The summed E-state index contributed by atoms with van der Waals surface area (Å²) in [5.41, 5.74) is 8.19. The second-order valence-electron chi connectivity index (χ2n) is 4.20. The monoisotopic (exact) mass is 242 g/mol. The van der Waals surface area contributed by atoms with Crippen LogP contribution in [0.15, 0.2) is 30.5 Å². The minimum absolute atomic E-state index is 0.275. The van der Waals surface area contributed by atoms with E-state index in [1.807, 2.05) is 18.2 Å². The van der Waals surface area contributed by atoms with Gasteiger partial charge in [-0.2, -0.15) is 0 Å². The number of nitrogens with zero attached hydrogens (tertiary/aromatic N) is 1. The summed E-state index contributed by atoms with van der Waals surface area (Å²) in [5.74, 6) is 1.15. The van der Waals surface area contributed by atoms with Crippen molar-refractivity contribution >= 4 is 10.9 Å². The number of aromatic nitrogens is 3. The molecule has 2 heterocycles. The molecule has 0 bridgehead atoms. The number of nitrogens with one attached hydrogen (secondary N) is 2. The molecule has 0 atom stereocenters. The average Bonchev–Trinajstić information content (AvgIpc) is 2.96. The molecule has 3 aromatic rings. The van der Waals surface area contributed by atoms with Gasteiger partial charge in [0.1, 0.15) is 11.6 Å². The highest BCUT2D eigenvalue weighted by Gasteiger charge is 2.08. The Balaban J connectivity index is 2.05. The summed E-state index contributed by atoms with van der Waals surface area (Å²) >= 11 is 0. The Kier molecular flexibility index (Phi) is 2.53. The van der Waals surface area contributed by atoms with E-state index in [0.29, 0.717) is 6.54 Å². The van der Waals surface area contributed by atoms with Crippen LogP contribution in [0.25, 0.3) is 22.3 Å². The van der Waals surface area contributed by atoms with Crippen LogP contribution in [0.3, 0.4) is 0 Å². The molecular formula is C13H14N4O. The number of H-pyrrole nitrogens is 2.